The summed E-state index contributed by atoms with van der Waals surface area (Å²) in [5.41, 5.74) is 0. The molecule has 0 rings (SSSR count). The van der Waals surface area contributed by atoms with Crippen molar-refractivity contribution in [1.29, 1.82) is 0 Å². The number of rotatable bonds is 31. The minimum Gasteiger partial charge on any atom is -0.394 e. The van der Waals surface area contributed by atoms with Crippen molar-refractivity contribution in [2.24, 2.45) is 0 Å². The number of unbranched alkanes of at least 4 members (excludes halogenated alkanes) is 24. The predicted octanol–water partition coefficient (Wildman–Crippen LogP) is 9.95. The molecule has 0 radical (unpaired) electrons. The summed E-state index contributed by atoms with van der Waals surface area (Å²) in [6.45, 7) is 4.29. The number of carbonyl (C=O) groups is 1. The van der Waals surface area contributed by atoms with Crippen LogP contribution in [-0.4, -0.2) is 34.9 Å². The first-order valence-corrected chi connectivity index (χ1v) is 17.4. The summed E-state index contributed by atoms with van der Waals surface area (Å²) in [6, 6.07) is -0.613. The minimum absolute atomic E-state index is 0.0641. The number of aliphatic hydroxyl groups excluding tert-OH is 2. The van der Waals surface area contributed by atoms with E-state index in [1.54, 1.807) is 6.08 Å². The first kappa shape index (κ1) is 38.1. The zero-order chi connectivity index (χ0) is 28.7. The Morgan fingerprint density at radius 2 is 0.949 bits per heavy atom. The van der Waals surface area contributed by atoms with Crippen LogP contribution in [0, 0.1) is 0 Å². The SMILES string of the molecule is CCCCCCCCCCCCC/C=C/C(O)[C@H](CO)NC(=O)CCCCCCCCCCCCCCCC. The summed E-state index contributed by atoms with van der Waals surface area (Å²) in [5.74, 6) is -0.0641. The molecule has 1 amide bonds. The highest BCUT2D eigenvalue weighted by Crippen LogP contribution is 2.14. The molecule has 232 valence electrons. The number of amides is 1. The van der Waals surface area contributed by atoms with Crippen molar-refractivity contribution < 1.29 is 15.0 Å². The van der Waals surface area contributed by atoms with Gasteiger partial charge >= 0.3 is 0 Å². The number of hydrogen-bond donors (Lipinski definition) is 3. The molecule has 0 aromatic rings. The van der Waals surface area contributed by atoms with Gasteiger partial charge in [-0.15, -0.1) is 0 Å². The van der Waals surface area contributed by atoms with E-state index < -0.39 is 12.1 Å². The molecule has 4 heteroatoms. The monoisotopic (exact) mass is 552 g/mol. The summed E-state index contributed by atoms with van der Waals surface area (Å²) in [7, 11) is 0. The van der Waals surface area contributed by atoms with Gasteiger partial charge in [-0.05, 0) is 19.3 Å². The average molecular weight is 552 g/mol. The van der Waals surface area contributed by atoms with Crippen LogP contribution in [0.4, 0.5) is 0 Å². The van der Waals surface area contributed by atoms with E-state index in [-0.39, 0.29) is 12.5 Å². The lowest BCUT2D eigenvalue weighted by molar-refractivity contribution is -0.123. The van der Waals surface area contributed by atoms with Gasteiger partial charge in [0, 0.05) is 6.42 Å². The molecule has 0 aromatic heterocycles. The van der Waals surface area contributed by atoms with Crippen LogP contribution >= 0.6 is 0 Å². The molecule has 0 saturated heterocycles. The first-order chi connectivity index (χ1) is 19.2. The summed E-state index contributed by atoms with van der Waals surface area (Å²) >= 11 is 0. The van der Waals surface area contributed by atoms with Gasteiger partial charge in [-0.3, -0.25) is 4.79 Å². The van der Waals surface area contributed by atoms with Crippen molar-refractivity contribution in [1.82, 2.24) is 5.32 Å². The van der Waals surface area contributed by atoms with Gasteiger partial charge in [-0.2, -0.15) is 0 Å². The summed E-state index contributed by atoms with van der Waals surface area (Å²) in [5, 5.41) is 22.8. The molecule has 0 fully saturated rings. The Bertz CT molecular complexity index is 522. The molecule has 0 aliphatic rings. The van der Waals surface area contributed by atoms with Crippen LogP contribution in [0.25, 0.3) is 0 Å². The van der Waals surface area contributed by atoms with Gasteiger partial charge in [-0.25, -0.2) is 0 Å². The molecule has 0 bridgehead atoms. The van der Waals surface area contributed by atoms with Crippen molar-refractivity contribution in [2.75, 3.05) is 6.61 Å². The fraction of sp³-hybridized carbons (Fsp3) is 0.914. The lowest BCUT2D eigenvalue weighted by Gasteiger charge is -2.20. The Morgan fingerprint density at radius 1 is 0.590 bits per heavy atom. The molecule has 0 aliphatic carbocycles. The summed E-state index contributed by atoms with van der Waals surface area (Å²) in [4.78, 5) is 12.3. The van der Waals surface area contributed by atoms with Gasteiger partial charge in [0.25, 0.3) is 0 Å². The Hall–Kier alpha value is -0.870. The standard InChI is InChI=1S/C35H69NO3/c1-3-5-7-9-11-13-15-17-19-21-23-25-27-29-31-35(39)36-33(32-37)34(38)30-28-26-24-22-20-18-16-14-12-10-8-6-4-2/h28,30,33-34,37-38H,3-27,29,31-32H2,1-2H3,(H,36,39)/b30-28+/t33-,34?/m0/s1. The highest BCUT2D eigenvalue weighted by atomic mass is 16.3. The van der Waals surface area contributed by atoms with Gasteiger partial charge in [-0.1, -0.05) is 174 Å². The third kappa shape index (κ3) is 28.5. The van der Waals surface area contributed by atoms with Crippen LogP contribution in [0.15, 0.2) is 12.2 Å². The van der Waals surface area contributed by atoms with Gasteiger partial charge in [0.15, 0.2) is 0 Å². The smallest absolute Gasteiger partial charge is 0.220 e. The average Bonchev–Trinajstić information content (AvgIpc) is 2.94. The van der Waals surface area contributed by atoms with Crippen LogP contribution < -0.4 is 5.32 Å². The maximum Gasteiger partial charge on any atom is 0.220 e. The van der Waals surface area contributed by atoms with Crippen molar-refractivity contribution in [3.8, 4) is 0 Å². The number of aliphatic hydroxyl groups is 2. The molecule has 0 aliphatic heterocycles. The van der Waals surface area contributed by atoms with Crippen molar-refractivity contribution >= 4 is 5.91 Å². The van der Waals surface area contributed by atoms with E-state index in [0.717, 1.165) is 25.7 Å². The largest absolute Gasteiger partial charge is 0.394 e. The maximum absolute atomic E-state index is 12.3. The maximum atomic E-state index is 12.3. The fourth-order valence-electron chi connectivity index (χ4n) is 5.29. The lowest BCUT2D eigenvalue weighted by Crippen LogP contribution is -2.45. The Kier molecular flexibility index (Phi) is 30.9. The first-order valence-electron chi connectivity index (χ1n) is 17.4. The molecule has 0 heterocycles. The van der Waals surface area contributed by atoms with E-state index in [4.69, 9.17) is 0 Å². The van der Waals surface area contributed by atoms with Crippen molar-refractivity contribution in [2.45, 2.75) is 199 Å². The third-order valence-electron chi connectivity index (χ3n) is 8.02. The van der Waals surface area contributed by atoms with Crippen LogP contribution in [0.2, 0.25) is 0 Å². The van der Waals surface area contributed by atoms with E-state index in [0.29, 0.717) is 6.42 Å². The quantitative estimate of drug-likeness (QED) is 0.0593. The van der Waals surface area contributed by atoms with Crippen molar-refractivity contribution in [3.63, 3.8) is 0 Å². The summed E-state index contributed by atoms with van der Waals surface area (Å²) in [6.07, 6.45) is 37.1. The lowest BCUT2D eigenvalue weighted by atomic mass is 10.0. The second kappa shape index (κ2) is 31.7. The Balaban J connectivity index is 3.62. The number of hydrogen-bond acceptors (Lipinski definition) is 3. The predicted molar refractivity (Wildman–Crippen MR) is 170 cm³/mol. The highest BCUT2D eigenvalue weighted by Gasteiger charge is 2.17. The van der Waals surface area contributed by atoms with E-state index in [1.807, 2.05) is 6.08 Å². The Labute approximate surface area is 244 Å². The number of carbonyl (C=O) groups excluding carboxylic acids is 1. The number of nitrogens with one attached hydrogen (secondary N) is 1. The van der Waals surface area contributed by atoms with E-state index in [9.17, 15) is 15.0 Å². The van der Waals surface area contributed by atoms with Gasteiger partial charge < -0.3 is 15.5 Å². The molecule has 1 unspecified atom stereocenters. The molecular weight excluding hydrogens is 482 g/mol. The van der Waals surface area contributed by atoms with Crippen LogP contribution in [0.5, 0.6) is 0 Å². The van der Waals surface area contributed by atoms with E-state index in [1.165, 1.54) is 141 Å². The van der Waals surface area contributed by atoms with Crippen LogP contribution in [-0.2, 0) is 4.79 Å². The second-order valence-electron chi connectivity index (χ2n) is 11.9. The van der Waals surface area contributed by atoms with E-state index in [2.05, 4.69) is 19.2 Å². The molecule has 0 spiro atoms. The molecule has 3 N–H and O–H groups in total. The normalized spacial score (nSPS) is 13.2. The van der Waals surface area contributed by atoms with Gasteiger partial charge in [0.1, 0.15) is 0 Å². The fourth-order valence-corrected chi connectivity index (χ4v) is 5.29. The number of allylic oxidation sites excluding steroid dienone is 1. The minimum atomic E-state index is -0.831. The third-order valence-corrected chi connectivity index (χ3v) is 8.02. The molecule has 0 aromatic carbocycles. The molecule has 4 nitrogen and oxygen atoms in total. The Morgan fingerprint density at radius 3 is 1.33 bits per heavy atom. The molecule has 39 heavy (non-hydrogen) atoms. The van der Waals surface area contributed by atoms with Gasteiger partial charge in [0.05, 0.1) is 18.8 Å². The van der Waals surface area contributed by atoms with Gasteiger partial charge in [0.2, 0.25) is 5.91 Å². The zero-order valence-electron chi connectivity index (χ0n) is 26.4. The van der Waals surface area contributed by atoms with Crippen LogP contribution in [0.1, 0.15) is 187 Å². The molecular formula is C35H69NO3. The summed E-state index contributed by atoms with van der Waals surface area (Å²) < 4.78 is 0. The zero-order valence-corrected chi connectivity index (χ0v) is 26.4. The highest BCUT2D eigenvalue weighted by molar-refractivity contribution is 5.76. The second-order valence-corrected chi connectivity index (χ2v) is 11.9. The topological polar surface area (TPSA) is 69.6 Å². The van der Waals surface area contributed by atoms with Crippen molar-refractivity contribution in [3.05, 3.63) is 12.2 Å². The van der Waals surface area contributed by atoms with Crippen LogP contribution in [0.3, 0.4) is 0 Å². The molecule has 2 atom stereocenters. The molecule has 0 saturated carbocycles. The van der Waals surface area contributed by atoms with E-state index >= 15 is 0 Å².